The quantitative estimate of drug-likeness (QED) is 0.668. The maximum absolute atomic E-state index is 11.7. The number of carbonyl (C=O) groups excluding carboxylic acids is 2. The molecule has 1 amide bonds. The average Bonchev–Trinajstić information content (AvgIpc) is 2.47. The minimum atomic E-state index is -0.710. The second kappa shape index (κ2) is 6.71. The van der Waals surface area contributed by atoms with Crippen molar-refractivity contribution >= 4 is 29.2 Å². The van der Waals surface area contributed by atoms with Crippen molar-refractivity contribution in [2.24, 2.45) is 0 Å². The Morgan fingerprint density at radius 2 is 2.10 bits per heavy atom. The molecule has 6 nitrogen and oxygen atoms in total. The van der Waals surface area contributed by atoms with Crippen LogP contribution >= 0.6 is 11.6 Å². The lowest BCUT2D eigenvalue weighted by Crippen LogP contribution is -2.21. The number of aromatic nitrogens is 1. The number of aromatic hydroxyl groups is 1. The zero-order valence-corrected chi connectivity index (χ0v) is 11.5. The fourth-order valence-electron chi connectivity index (χ4n) is 1.51. The number of nitrogens with zero attached hydrogens (tertiary/aromatic N) is 1. The zero-order valence-electron chi connectivity index (χ0n) is 10.7. The zero-order chi connectivity index (χ0) is 15.2. The third-order valence-electron chi connectivity index (χ3n) is 2.45. The van der Waals surface area contributed by atoms with Crippen LogP contribution in [-0.2, 0) is 9.53 Å². The number of benzene rings is 1. The predicted molar refractivity (Wildman–Crippen MR) is 76.3 cm³/mol. The van der Waals surface area contributed by atoms with Gasteiger partial charge in [-0.15, -0.1) is 0 Å². The van der Waals surface area contributed by atoms with Gasteiger partial charge in [0.2, 0.25) is 0 Å². The van der Waals surface area contributed by atoms with Crippen molar-refractivity contribution in [3.8, 4) is 5.75 Å². The Hall–Kier alpha value is -2.60. The molecule has 0 unspecified atom stereocenters. The van der Waals surface area contributed by atoms with Crippen molar-refractivity contribution in [1.82, 2.24) is 4.98 Å². The van der Waals surface area contributed by atoms with Crippen LogP contribution in [0.5, 0.6) is 5.75 Å². The topological polar surface area (TPSA) is 88.5 Å². The van der Waals surface area contributed by atoms with Crippen LogP contribution in [0.1, 0.15) is 10.4 Å². The lowest BCUT2D eigenvalue weighted by atomic mass is 10.2. The molecule has 1 aromatic carbocycles. The van der Waals surface area contributed by atoms with Crippen molar-refractivity contribution in [2.75, 3.05) is 11.9 Å². The van der Waals surface area contributed by atoms with Gasteiger partial charge < -0.3 is 15.2 Å². The normalized spacial score (nSPS) is 9.95. The fourth-order valence-corrected chi connectivity index (χ4v) is 1.68. The number of esters is 1. The summed E-state index contributed by atoms with van der Waals surface area (Å²) in [6.45, 7) is -0.473. The number of hydrogen-bond acceptors (Lipinski definition) is 5. The summed E-state index contributed by atoms with van der Waals surface area (Å²) in [5, 5.41) is 11.9. The molecule has 21 heavy (non-hydrogen) atoms. The smallest absolute Gasteiger partial charge is 0.338 e. The van der Waals surface area contributed by atoms with Gasteiger partial charge in [-0.1, -0.05) is 17.7 Å². The first-order valence-corrected chi connectivity index (χ1v) is 6.30. The van der Waals surface area contributed by atoms with Gasteiger partial charge in [0.15, 0.2) is 11.8 Å². The Balaban J connectivity index is 1.90. The van der Waals surface area contributed by atoms with Gasteiger partial charge in [-0.3, -0.25) is 4.79 Å². The van der Waals surface area contributed by atoms with Crippen LogP contribution in [-0.4, -0.2) is 28.6 Å². The number of phenolic OH excluding ortho intramolecular Hbond substituents is 1. The Kier molecular flexibility index (Phi) is 4.73. The number of ether oxygens (including phenoxy) is 1. The Morgan fingerprint density at radius 3 is 2.81 bits per heavy atom. The van der Waals surface area contributed by atoms with Gasteiger partial charge in [-0.25, -0.2) is 9.78 Å². The van der Waals surface area contributed by atoms with E-state index in [1.54, 1.807) is 12.1 Å². The van der Waals surface area contributed by atoms with Crippen LogP contribution in [0.2, 0.25) is 5.15 Å². The van der Waals surface area contributed by atoms with Crippen LogP contribution in [0, 0.1) is 0 Å². The summed E-state index contributed by atoms with van der Waals surface area (Å²) >= 11 is 5.78. The Morgan fingerprint density at radius 1 is 1.29 bits per heavy atom. The molecule has 0 radical (unpaired) electrons. The van der Waals surface area contributed by atoms with E-state index in [4.69, 9.17) is 16.3 Å². The van der Waals surface area contributed by atoms with E-state index in [1.807, 2.05) is 0 Å². The molecule has 0 aliphatic rings. The van der Waals surface area contributed by atoms with Gasteiger partial charge in [0.1, 0.15) is 5.75 Å². The monoisotopic (exact) mass is 306 g/mol. The highest BCUT2D eigenvalue weighted by Crippen LogP contribution is 2.17. The van der Waals surface area contributed by atoms with Crippen LogP contribution in [0.25, 0.3) is 0 Å². The lowest BCUT2D eigenvalue weighted by Gasteiger charge is -2.07. The Bertz CT molecular complexity index is 676. The molecule has 0 spiro atoms. The van der Waals surface area contributed by atoms with E-state index in [2.05, 4.69) is 10.3 Å². The van der Waals surface area contributed by atoms with Gasteiger partial charge in [-0.2, -0.15) is 0 Å². The van der Waals surface area contributed by atoms with Gasteiger partial charge in [0.05, 0.1) is 11.3 Å². The summed E-state index contributed by atoms with van der Waals surface area (Å²) in [6.07, 6.45) is 1.49. The molecule has 2 rings (SSSR count). The highest BCUT2D eigenvalue weighted by Gasteiger charge is 2.12. The molecule has 0 saturated heterocycles. The maximum atomic E-state index is 11.7. The molecule has 1 aromatic heterocycles. The number of carbonyl (C=O) groups is 2. The number of phenols is 1. The van der Waals surface area contributed by atoms with E-state index in [1.165, 1.54) is 30.5 Å². The number of hydrogen-bond donors (Lipinski definition) is 2. The fraction of sp³-hybridized carbons (Fsp3) is 0.0714. The molecule has 0 atom stereocenters. The average molecular weight is 307 g/mol. The number of rotatable bonds is 4. The minimum Gasteiger partial charge on any atom is -0.508 e. The van der Waals surface area contributed by atoms with Crippen molar-refractivity contribution < 1.29 is 19.4 Å². The molecule has 7 heteroatoms. The van der Waals surface area contributed by atoms with E-state index >= 15 is 0 Å². The maximum Gasteiger partial charge on any atom is 0.338 e. The second-order valence-corrected chi connectivity index (χ2v) is 4.37. The third-order valence-corrected chi connectivity index (χ3v) is 2.75. The molecule has 0 fully saturated rings. The molecule has 108 valence electrons. The Labute approximate surface area is 125 Å². The van der Waals surface area contributed by atoms with Crippen molar-refractivity contribution in [2.45, 2.75) is 0 Å². The summed E-state index contributed by atoms with van der Waals surface area (Å²) in [6, 6.07) is 8.83. The van der Waals surface area contributed by atoms with E-state index in [0.717, 1.165) is 0 Å². The minimum absolute atomic E-state index is 0.0592. The molecule has 1 heterocycles. The number of amides is 1. The van der Waals surface area contributed by atoms with E-state index < -0.39 is 18.5 Å². The molecule has 2 aromatic rings. The molecule has 0 aliphatic heterocycles. The first kappa shape index (κ1) is 14.8. The van der Waals surface area contributed by atoms with E-state index in [9.17, 15) is 14.7 Å². The second-order valence-electron chi connectivity index (χ2n) is 4.02. The number of pyridine rings is 1. The summed E-state index contributed by atoms with van der Waals surface area (Å²) in [7, 11) is 0. The van der Waals surface area contributed by atoms with Crippen molar-refractivity contribution in [1.29, 1.82) is 0 Å². The number of halogens is 1. The van der Waals surface area contributed by atoms with Gasteiger partial charge >= 0.3 is 5.97 Å². The van der Waals surface area contributed by atoms with Crippen molar-refractivity contribution in [3.05, 3.63) is 53.3 Å². The molecule has 0 aliphatic carbocycles. The first-order valence-electron chi connectivity index (χ1n) is 5.93. The molecular formula is C14H11ClN2O4. The SMILES string of the molecule is O=C(COC(=O)c1cccc(O)c1)Nc1cccnc1Cl. The van der Waals surface area contributed by atoms with Crippen molar-refractivity contribution in [3.63, 3.8) is 0 Å². The third kappa shape index (κ3) is 4.19. The van der Waals surface area contributed by atoms with Gasteiger partial charge in [0.25, 0.3) is 5.91 Å². The van der Waals surface area contributed by atoms with Crippen LogP contribution in [0.4, 0.5) is 5.69 Å². The standard InChI is InChI=1S/C14H11ClN2O4/c15-13-11(5-2-6-16-13)17-12(19)8-21-14(20)9-3-1-4-10(18)7-9/h1-7,18H,8H2,(H,17,19). The summed E-state index contributed by atoms with van der Waals surface area (Å²) in [5.41, 5.74) is 0.486. The molecule has 0 saturated carbocycles. The molecule has 2 N–H and O–H groups in total. The highest BCUT2D eigenvalue weighted by molar-refractivity contribution is 6.32. The number of nitrogens with one attached hydrogen (secondary N) is 1. The van der Waals surface area contributed by atoms with Gasteiger partial charge in [0, 0.05) is 6.20 Å². The van der Waals surface area contributed by atoms with Crippen LogP contribution in [0.3, 0.4) is 0 Å². The highest BCUT2D eigenvalue weighted by atomic mass is 35.5. The summed E-state index contributed by atoms with van der Waals surface area (Å²) in [4.78, 5) is 27.1. The van der Waals surface area contributed by atoms with Crippen LogP contribution in [0.15, 0.2) is 42.6 Å². The molecular weight excluding hydrogens is 296 g/mol. The lowest BCUT2D eigenvalue weighted by molar-refractivity contribution is -0.119. The summed E-state index contributed by atoms with van der Waals surface area (Å²) in [5.74, 6) is -1.31. The van der Waals surface area contributed by atoms with E-state index in [-0.39, 0.29) is 16.5 Å². The van der Waals surface area contributed by atoms with Crippen LogP contribution < -0.4 is 5.32 Å². The number of anilines is 1. The predicted octanol–water partition coefficient (Wildman–Crippen LogP) is 2.24. The molecule has 0 bridgehead atoms. The summed E-state index contributed by atoms with van der Waals surface area (Å²) < 4.78 is 4.83. The first-order chi connectivity index (χ1) is 10.1. The van der Waals surface area contributed by atoms with E-state index in [0.29, 0.717) is 5.69 Å². The van der Waals surface area contributed by atoms with Gasteiger partial charge in [-0.05, 0) is 30.3 Å². The largest absolute Gasteiger partial charge is 0.508 e.